The highest BCUT2D eigenvalue weighted by Crippen LogP contribution is 2.28. The molecule has 16 heavy (non-hydrogen) atoms. The predicted molar refractivity (Wildman–Crippen MR) is 64.2 cm³/mol. The Labute approximate surface area is 95.6 Å². The third-order valence-electron chi connectivity index (χ3n) is 2.75. The molecule has 2 rings (SSSR count). The van der Waals surface area contributed by atoms with Crippen LogP contribution in [0.1, 0.15) is 31.2 Å². The Morgan fingerprint density at radius 2 is 2.12 bits per heavy atom. The molecule has 1 aromatic carbocycles. The van der Waals surface area contributed by atoms with Crippen molar-refractivity contribution in [3.05, 3.63) is 35.9 Å². The zero-order valence-electron chi connectivity index (χ0n) is 9.39. The first-order valence-electron chi connectivity index (χ1n) is 5.65. The third kappa shape index (κ3) is 2.92. The number of hydrazone groups is 1. The van der Waals surface area contributed by atoms with Gasteiger partial charge in [-0.1, -0.05) is 37.3 Å². The second kappa shape index (κ2) is 4.92. The van der Waals surface area contributed by atoms with Gasteiger partial charge in [0.25, 0.3) is 0 Å². The van der Waals surface area contributed by atoms with Crippen molar-refractivity contribution in [2.45, 2.75) is 25.7 Å². The summed E-state index contributed by atoms with van der Waals surface area (Å²) in [5.74, 6) is 0.487. The van der Waals surface area contributed by atoms with Gasteiger partial charge in [0.05, 0.1) is 0 Å². The number of benzene rings is 1. The van der Waals surface area contributed by atoms with E-state index in [1.165, 1.54) is 5.56 Å². The van der Waals surface area contributed by atoms with E-state index in [1.54, 1.807) is 6.21 Å². The van der Waals surface area contributed by atoms with Crippen LogP contribution in [0, 0.1) is 5.92 Å². The molecule has 3 nitrogen and oxygen atoms in total. The first-order chi connectivity index (χ1) is 7.77. The van der Waals surface area contributed by atoms with E-state index < -0.39 is 0 Å². The van der Waals surface area contributed by atoms with Gasteiger partial charge in [-0.3, -0.25) is 4.79 Å². The van der Waals surface area contributed by atoms with Gasteiger partial charge in [-0.15, -0.1) is 0 Å². The lowest BCUT2D eigenvalue weighted by Crippen LogP contribution is -2.19. The molecule has 1 atom stereocenters. The van der Waals surface area contributed by atoms with E-state index >= 15 is 0 Å². The molecule has 0 radical (unpaired) electrons. The standard InChI is InChI=1S/C13H16N2O/c1-10(11-5-3-2-4-6-11)9-14-15-13(16)12-7-8-12/h2-6,9-10,12H,7-8H2,1H3,(H,15,16)/b14-9+. The Bertz CT molecular complexity index is 382. The molecule has 1 unspecified atom stereocenters. The molecule has 1 amide bonds. The summed E-state index contributed by atoms with van der Waals surface area (Å²) in [5.41, 5.74) is 3.78. The van der Waals surface area contributed by atoms with E-state index in [9.17, 15) is 4.79 Å². The van der Waals surface area contributed by atoms with Crippen LogP contribution < -0.4 is 5.43 Å². The minimum atomic E-state index is 0.0523. The van der Waals surface area contributed by atoms with Crippen molar-refractivity contribution in [1.29, 1.82) is 0 Å². The highest BCUT2D eigenvalue weighted by atomic mass is 16.2. The average molecular weight is 216 g/mol. The number of hydrogen-bond acceptors (Lipinski definition) is 2. The van der Waals surface area contributed by atoms with E-state index in [-0.39, 0.29) is 17.7 Å². The fourth-order valence-corrected chi connectivity index (χ4v) is 1.49. The molecule has 0 spiro atoms. The molecule has 1 N–H and O–H groups in total. The van der Waals surface area contributed by atoms with Crippen LogP contribution >= 0.6 is 0 Å². The fourth-order valence-electron chi connectivity index (χ4n) is 1.49. The monoisotopic (exact) mass is 216 g/mol. The normalized spacial score (nSPS) is 17.3. The smallest absolute Gasteiger partial charge is 0.243 e. The zero-order chi connectivity index (χ0) is 11.4. The molecule has 1 aliphatic carbocycles. The SMILES string of the molecule is CC(/C=N/NC(=O)C1CC1)c1ccccc1. The van der Waals surface area contributed by atoms with Gasteiger partial charge in [-0.25, -0.2) is 5.43 Å². The van der Waals surface area contributed by atoms with Crippen LogP contribution in [0.25, 0.3) is 0 Å². The van der Waals surface area contributed by atoms with Crippen LogP contribution in [0.2, 0.25) is 0 Å². The minimum Gasteiger partial charge on any atom is -0.273 e. The maximum atomic E-state index is 11.3. The molecule has 1 fully saturated rings. The van der Waals surface area contributed by atoms with Crippen LogP contribution in [0.15, 0.2) is 35.4 Å². The largest absolute Gasteiger partial charge is 0.273 e. The molecule has 1 saturated carbocycles. The highest BCUT2D eigenvalue weighted by molar-refractivity contribution is 5.81. The molecular formula is C13H16N2O. The van der Waals surface area contributed by atoms with Crippen molar-refractivity contribution in [2.75, 3.05) is 0 Å². The molecule has 0 aromatic heterocycles. The maximum Gasteiger partial charge on any atom is 0.243 e. The summed E-state index contributed by atoms with van der Waals surface area (Å²) in [6.45, 7) is 2.06. The van der Waals surface area contributed by atoms with Crippen molar-refractivity contribution in [1.82, 2.24) is 5.43 Å². The summed E-state index contributed by atoms with van der Waals surface area (Å²) in [4.78, 5) is 11.3. The number of amides is 1. The van der Waals surface area contributed by atoms with Gasteiger partial charge in [0.15, 0.2) is 0 Å². The van der Waals surface area contributed by atoms with Crippen LogP contribution in [-0.2, 0) is 4.79 Å². The van der Waals surface area contributed by atoms with Crippen LogP contribution in [0.5, 0.6) is 0 Å². The lowest BCUT2D eigenvalue weighted by molar-refractivity contribution is -0.122. The molecule has 3 heteroatoms. The van der Waals surface area contributed by atoms with Gasteiger partial charge in [0, 0.05) is 18.1 Å². The molecule has 0 saturated heterocycles. The molecule has 1 aliphatic rings. The summed E-state index contributed by atoms with van der Waals surface area (Å²) in [6.07, 6.45) is 3.79. The summed E-state index contributed by atoms with van der Waals surface area (Å²) in [6, 6.07) is 10.1. The Hall–Kier alpha value is -1.64. The molecule has 0 bridgehead atoms. The van der Waals surface area contributed by atoms with Gasteiger partial charge in [-0.2, -0.15) is 5.10 Å². The number of nitrogens with one attached hydrogen (secondary N) is 1. The van der Waals surface area contributed by atoms with Crippen molar-refractivity contribution >= 4 is 12.1 Å². The first kappa shape index (κ1) is 10.9. The summed E-state index contributed by atoms with van der Waals surface area (Å²) >= 11 is 0. The Morgan fingerprint density at radius 1 is 1.44 bits per heavy atom. The van der Waals surface area contributed by atoms with E-state index in [1.807, 2.05) is 18.2 Å². The van der Waals surface area contributed by atoms with Crippen LogP contribution in [0.3, 0.4) is 0 Å². The average Bonchev–Trinajstić information content (AvgIpc) is 3.14. The lowest BCUT2D eigenvalue weighted by atomic mass is 10.0. The number of carbonyl (C=O) groups is 1. The lowest BCUT2D eigenvalue weighted by Gasteiger charge is -2.05. The van der Waals surface area contributed by atoms with Crippen LogP contribution in [-0.4, -0.2) is 12.1 Å². The minimum absolute atomic E-state index is 0.0523. The Morgan fingerprint density at radius 3 is 2.75 bits per heavy atom. The number of carbonyl (C=O) groups excluding carboxylic acids is 1. The quantitative estimate of drug-likeness (QED) is 0.609. The van der Waals surface area contributed by atoms with E-state index in [2.05, 4.69) is 29.6 Å². The molecule has 0 heterocycles. The summed E-state index contributed by atoms with van der Waals surface area (Å²) in [7, 11) is 0. The summed E-state index contributed by atoms with van der Waals surface area (Å²) in [5, 5.41) is 3.98. The van der Waals surface area contributed by atoms with E-state index in [0.29, 0.717) is 0 Å². The van der Waals surface area contributed by atoms with E-state index in [0.717, 1.165) is 12.8 Å². The van der Waals surface area contributed by atoms with Crippen LogP contribution in [0.4, 0.5) is 0 Å². The first-order valence-corrected chi connectivity index (χ1v) is 5.65. The van der Waals surface area contributed by atoms with Gasteiger partial charge in [0.2, 0.25) is 5.91 Å². The van der Waals surface area contributed by atoms with Gasteiger partial charge in [-0.05, 0) is 18.4 Å². The fraction of sp³-hybridized carbons (Fsp3) is 0.385. The molecule has 1 aromatic rings. The molecule has 84 valence electrons. The third-order valence-corrected chi connectivity index (χ3v) is 2.75. The summed E-state index contributed by atoms with van der Waals surface area (Å²) < 4.78 is 0. The van der Waals surface area contributed by atoms with Crippen molar-refractivity contribution in [3.8, 4) is 0 Å². The number of hydrogen-bond donors (Lipinski definition) is 1. The Balaban J connectivity index is 1.84. The highest BCUT2D eigenvalue weighted by Gasteiger charge is 2.29. The van der Waals surface area contributed by atoms with Crippen molar-refractivity contribution < 1.29 is 4.79 Å². The van der Waals surface area contributed by atoms with E-state index in [4.69, 9.17) is 0 Å². The zero-order valence-corrected chi connectivity index (χ0v) is 9.39. The molecular weight excluding hydrogens is 200 g/mol. The topological polar surface area (TPSA) is 41.5 Å². The van der Waals surface area contributed by atoms with Gasteiger partial charge < -0.3 is 0 Å². The van der Waals surface area contributed by atoms with Gasteiger partial charge in [0.1, 0.15) is 0 Å². The maximum absolute atomic E-state index is 11.3. The Kier molecular flexibility index (Phi) is 3.34. The van der Waals surface area contributed by atoms with Crippen molar-refractivity contribution in [2.24, 2.45) is 11.0 Å². The molecule has 0 aliphatic heterocycles. The van der Waals surface area contributed by atoms with Gasteiger partial charge >= 0.3 is 0 Å². The second-order valence-electron chi connectivity index (χ2n) is 4.23. The number of nitrogens with zero attached hydrogens (tertiary/aromatic N) is 1. The second-order valence-corrected chi connectivity index (χ2v) is 4.23. The predicted octanol–water partition coefficient (Wildman–Crippen LogP) is 2.30. The van der Waals surface area contributed by atoms with Crippen molar-refractivity contribution in [3.63, 3.8) is 0 Å². The number of rotatable bonds is 4.